The Morgan fingerprint density at radius 1 is 1.24 bits per heavy atom. The van der Waals surface area contributed by atoms with Gasteiger partial charge in [0.2, 0.25) is 0 Å². The number of aliphatic hydroxyl groups is 1. The molecule has 1 amide bonds. The molecular weight excluding hydrogens is 316 g/mol. The zero-order valence-electron chi connectivity index (χ0n) is 13.9. The van der Waals surface area contributed by atoms with E-state index < -0.39 is 6.10 Å². The van der Waals surface area contributed by atoms with Gasteiger partial charge in [0.25, 0.3) is 5.91 Å². The maximum Gasteiger partial charge on any atom is 0.253 e. The normalized spacial score (nSPS) is 17.0. The topological polar surface area (TPSA) is 73.6 Å². The Kier molecular flexibility index (Phi) is 5.32. The van der Waals surface area contributed by atoms with Crippen molar-refractivity contribution in [2.45, 2.75) is 25.6 Å². The SMILES string of the molecule is N#Cc1ccccc1COc1ccc(C(=O)N2CCCC(O)C2)cc1. The van der Waals surface area contributed by atoms with E-state index in [0.29, 0.717) is 36.6 Å². The van der Waals surface area contributed by atoms with Gasteiger partial charge in [-0.15, -0.1) is 0 Å². The van der Waals surface area contributed by atoms with Gasteiger partial charge in [-0.1, -0.05) is 18.2 Å². The molecule has 1 fully saturated rings. The van der Waals surface area contributed by atoms with Gasteiger partial charge in [0.1, 0.15) is 12.4 Å². The van der Waals surface area contributed by atoms with Crippen LogP contribution in [0.3, 0.4) is 0 Å². The fraction of sp³-hybridized carbons (Fsp3) is 0.300. The fourth-order valence-electron chi connectivity index (χ4n) is 2.93. The first kappa shape index (κ1) is 17.0. The summed E-state index contributed by atoms with van der Waals surface area (Å²) in [6, 6.07) is 16.4. The predicted molar refractivity (Wildman–Crippen MR) is 93.1 cm³/mol. The molecule has 128 valence electrons. The molecule has 0 aromatic heterocycles. The highest BCUT2D eigenvalue weighted by atomic mass is 16.5. The van der Waals surface area contributed by atoms with E-state index in [1.807, 2.05) is 18.2 Å². The van der Waals surface area contributed by atoms with E-state index in [0.717, 1.165) is 18.4 Å². The number of nitriles is 1. The monoisotopic (exact) mass is 336 g/mol. The smallest absolute Gasteiger partial charge is 0.253 e. The molecule has 1 aliphatic rings. The highest BCUT2D eigenvalue weighted by Crippen LogP contribution is 2.18. The number of hydrogen-bond acceptors (Lipinski definition) is 4. The van der Waals surface area contributed by atoms with Crippen molar-refractivity contribution in [2.75, 3.05) is 13.1 Å². The summed E-state index contributed by atoms with van der Waals surface area (Å²) in [6.07, 6.45) is 1.15. The van der Waals surface area contributed by atoms with Gasteiger partial charge in [-0.25, -0.2) is 0 Å². The largest absolute Gasteiger partial charge is 0.489 e. The number of hydrogen-bond donors (Lipinski definition) is 1. The summed E-state index contributed by atoms with van der Waals surface area (Å²) < 4.78 is 5.72. The number of carbonyl (C=O) groups excluding carboxylic acids is 1. The molecule has 3 rings (SSSR count). The number of rotatable bonds is 4. The summed E-state index contributed by atoms with van der Waals surface area (Å²) in [5.41, 5.74) is 2.00. The standard InChI is InChI=1S/C20H20N2O3/c21-12-16-4-1-2-5-17(16)14-25-19-9-7-15(8-10-19)20(24)22-11-3-6-18(23)13-22/h1-2,4-5,7-10,18,23H,3,6,11,13-14H2. The van der Waals surface area contributed by atoms with E-state index in [-0.39, 0.29) is 5.91 Å². The number of ether oxygens (including phenoxy) is 1. The average Bonchev–Trinajstić information content (AvgIpc) is 2.66. The van der Waals surface area contributed by atoms with Gasteiger partial charge >= 0.3 is 0 Å². The van der Waals surface area contributed by atoms with Crippen molar-refractivity contribution in [2.24, 2.45) is 0 Å². The third kappa shape index (κ3) is 4.17. The van der Waals surface area contributed by atoms with Crippen molar-refractivity contribution in [3.05, 3.63) is 65.2 Å². The summed E-state index contributed by atoms with van der Waals surface area (Å²) in [4.78, 5) is 14.1. The summed E-state index contributed by atoms with van der Waals surface area (Å²) >= 11 is 0. The second-order valence-electron chi connectivity index (χ2n) is 6.13. The predicted octanol–water partition coefficient (Wildman–Crippen LogP) is 2.73. The van der Waals surface area contributed by atoms with Crippen LogP contribution in [0.5, 0.6) is 5.75 Å². The first-order chi connectivity index (χ1) is 12.2. The number of likely N-dealkylation sites (tertiary alicyclic amines) is 1. The molecule has 1 unspecified atom stereocenters. The Hall–Kier alpha value is -2.84. The van der Waals surface area contributed by atoms with Crippen LogP contribution in [-0.4, -0.2) is 35.1 Å². The molecule has 1 saturated heterocycles. The second-order valence-corrected chi connectivity index (χ2v) is 6.13. The average molecular weight is 336 g/mol. The molecule has 1 aliphatic heterocycles. The molecule has 1 N–H and O–H groups in total. The molecule has 2 aromatic carbocycles. The van der Waals surface area contributed by atoms with Gasteiger partial charge in [-0.3, -0.25) is 4.79 Å². The van der Waals surface area contributed by atoms with E-state index in [1.165, 1.54) is 0 Å². The highest BCUT2D eigenvalue weighted by molar-refractivity contribution is 5.94. The molecule has 0 spiro atoms. The molecule has 0 saturated carbocycles. The molecule has 5 nitrogen and oxygen atoms in total. The minimum Gasteiger partial charge on any atom is -0.489 e. The van der Waals surface area contributed by atoms with Crippen LogP contribution in [0.15, 0.2) is 48.5 Å². The van der Waals surface area contributed by atoms with E-state index in [4.69, 9.17) is 10.00 Å². The van der Waals surface area contributed by atoms with Crippen LogP contribution in [0.25, 0.3) is 0 Å². The van der Waals surface area contributed by atoms with Gasteiger partial charge in [-0.2, -0.15) is 5.26 Å². The molecule has 1 atom stereocenters. The molecule has 1 heterocycles. The quantitative estimate of drug-likeness (QED) is 0.932. The molecule has 2 aromatic rings. The van der Waals surface area contributed by atoms with Crippen molar-refractivity contribution < 1.29 is 14.6 Å². The first-order valence-electron chi connectivity index (χ1n) is 8.35. The number of nitrogens with zero attached hydrogens (tertiary/aromatic N) is 2. The van der Waals surface area contributed by atoms with Crippen molar-refractivity contribution in [1.29, 1.82) is 5.26 Å². The minimum absolute atomic E-state index is 0.0693. The Morgan fingerprint density at radius 3 is 2.72 bits per heavy atom. The van der Waals surface area contributed by atoms with Crippen LogP contribution >= 0.6 is 0 Å². The number of amides is 1. The van der Waals surface area contributed by atoms with Crippen molar-refractivity contribution >= 4 is 5.91 Å². The fourth-order valence-corrected chi connectivity index (χ4v) is 2.93. The lowest BCUT2D eigenvalue weighted by Gasteiger charge is -2.30. The summed E-state index contributed by atoms with van der Waals surface area (Å²) in [5.74, 6) is 0.572. The van der Waals surface area contributed by atoms with Gasteiger partial charge in [0, 0.05) is 24.2 Å². The highest BCUT2D eigenvalue weighted by Gasteiger charge is 2.22. The lowest BCUT2D eigenvalue weighted by Crippen LogP contribution is -2.42. The van der Waals surface area contributed by atoms with E-state index in [1.54, 1.807) is 35.2 Å². The van der Waals surface area contributed by atoms with Gasteiger partial charge in [-0.05, 0) is 43.2 Å². The van der Waals surface area contributed by atoms with Gasteiger partial charge < -0.3 is 14.7 Å². The van der Waals surface area contributed by atoms with Crippen molar-refractivity contribution in [3.63, 3.8) is 0 Å². The maximum absolute atomic E-state index is 12.5. The maximum atomic E-state index is 12.5. The van der Waals surface area contributed by atoms with Crippen LogP contribution < -0.4 is 4.74 Å². The number of piperidine rings is 1. The molecule has 0 bridgehead atoms. The number of aliphatic hydroxyl groups excluding tert-OH is 1. The van der Waals surface area contributed by atoms with Crippen LogP contribution in [0.2, 0.25) is 0 Å². The number of benzene rings is 2. The third-order valence-corrected chi connectivity index (χ3v) is 4.32. The first-order valence-corrected chi connectivity index (χ1v) is 8.35. The lowest BCUT2D eigenvalue weighted by molar-refractivity contribution is 0.0473. The molecule has 0 radical (unpaired) electrons. The summed E-state index contributed by atoms with van der Waals surface area (Å²) in [5, 5.41) is 18.8. The van der Waals surface area contributed by atoms with Gasteiger partial charge in [0.05, 0.1) is 17.7 Å². The Morgan fingerprint density at radius 2 is 2.00 bits per heavy atom. The zero-order chi connectivity index (χ0) is 17.6. The molecule has 25 heavy (non-hydrogen) atoms. The third-order valence-electron chi connectivity index (χ3n) is 4.32. The van der Waals surface area contributed by atoms with E-state index >= 15 is 0 Å². The summed E-state index contributed by atoms with van der Waals surface area (Å²) in [6.45, 7) is 1.37. The molecule has 5 heteroatoms. The summed E-state index contributed by atoms with van der Waals surface area (Å²) in [7, 11) is 0. The van der Waals surface area contributed by atoms with Crippen LogP contribution in [0.4, 0.5) is 0 Å². The van der Waals surface area contributed by atoms with Crippen molar-refractivity contribution in [3.8, 4) is 11.8 Å². The van der Waals surface area contributed by atoms with Crippen LogP contribution in [0, 0.1) is 11.3 Å². The lowest BCUT2D eigenvalue weighted by atomic mass is 10.1. The van der Waals surface area contributed by atoms with Crippen LogP contribution in [0.1, 0.15) is 34.3 Å². The van der Waals surface area contributed by atoms with Crippen molar-refractivity contribution in [1.82, 2.24) is 4.90 Å². The Labute approximate surface area is 147 Å². The number of β-amino-alcohol motifs (C(OH)–C–C–N with tert-alkyl or cyclic N) is 1. The minimum atomic E-state index is -0.430. The van der Waals surface area contributed by atoms with E-state index in [2.05, 4.69) is 6.07 Å². The van der Waals surface area contributed by atoms with E-state index in [9.17, 15) is 9.90 Å². The molecule has 0 aliphatic carbocycles. The zero-order valence-corrected chi connectivity index (χ0v) is 13.9. The molecular formula is C20H20N2O3. The van der Waals surface area contributed by atoms with Crippen LogP contribution in [-0.2, 0) is 6.61 Å². The number of carbonyl (C=O) groups is 1. The van der Waals surface area contributed by atoms with Gasteiger partial charge in [0.15, 0.2) is 0 Å². The Balaban J connectivity index is 1.62. The Bertz CT molecular complexity index is 780. The second kappa shape index (κ2) is 7.82.